The molecule has 1 aromatic carbocycles. The molecule has 8 heteroatoms. The van der Waals surface area contributed by atoms with Crippen molar-refractivity contribution in [3.8, 4) is 5.75 Å². The largest absolute Gasteiger partial charge is 0.497 e. The maximum atomic E-state index is 14.0. The van der Waals surface area contributed by atoms with Crippen molar-refractivity contribution in [1.82, 2.24) is 20.1 Å². The maximum absolute atomic E-state index is 14.0. The summed E-state index contributed by atoms with van der Waals surface area (Å²) in [6, 6.07) is 7.70. The lowest BCUT2D eigenvalue weighted by molar-refractivity contribution is -0.135. The molecular weight excluding hydrogens is 436 g/mol. The summed E-state index contributed by atoms with van der Waals surface area (Å²) in [6.45, 7) is 2.65. The van der Waals surface area contributed by atoms with Crippen molar-refractivity contribution in [2.24, 2.45) is 5.92 Å². The number of urea groups is 1. The molecule has 7 nitrogen and oxygen atoms in total. The molecule has 1 unspecified atom stereocenters. The summed E-state index contributed by atoms with van der Waals surface area (Å²) in [5, 5.41) is 6.36. The van der Waals surface area contributed by atoms with Gasteiger partial charge in [-0.1, -0.05) is 25.0 Å². The van der Waals surface area contributed by atoms with Gasteiger partial charge in [-0.2, -0.15) is 0 Å². The van der Waals surface area contributed by atoms with E-state index in [2.05, 4.69) is 15.2 Å². The topological polar surface area (TPSA) is 74.8 Å². The van der Waals surface area contributed by atoms with Crippen molar-refractivity contribution in [2.45, 2.75) is 63.1 Å². The fourth-order valence-electron chi connectivity index (χ4n) is 5.86. The lowest BCUT2D eigenvalue weighted by Gasteiger charge is -2.41. The van der Waals surface area contributed by atoms with Crippen LogP contribution in [0.3, 0.4) is 0 Å². The number of piperidine rings is 1. The van der Waals surface area contributed by atoms with Gasteiger partial charge in [0.1, 0.15) is 16.3 Å². The van der Waals surface area contributed by atoms with Crippen molar-refractivity contribution in [3.05, 3.63) is 46.4 Å². The van der Waals surface area contributed by atoms with Crippen LogP contribution >= 0.6 is 11.3 Å². The number of nitrogens with one attached hydrogen (secondary N) is 1. The van der Waals surface area contributed by atoms with E-state index >= 15 is 0 Å². The molecule has 3 fully saturated rings. The van der Waals surface area contributed by atoms with E-state index in [1.807, 2.05) is 35.8 Å². The minimum atomic E-state index is -0.890. The number of hydrogen-bond acceptors (Lipinski definition) is 6. The lowest BCUT2D eigenvalue weighted by Crippen LogP contribution is -2.57. The first-order valence-corrected chi connectivity index (χ1v) is 12.9. The number of ether oxygens (including phenoxy) is 1. The van der Waals surface area contributed by atoms with E-state index in [9.17, 15) is 9.59 Å². The van der Waals surface area contributed by atoms with Crippen LogP contribution in [0.5, 0.6) is 5.75 Å². The molecule has 3 heterocycles. The Morgan fingerprint density at radius 2 is 1.97 bits per heavy atom. The highest BCUT2D eigenvalue weighted by atomic mass is 32.1. The van der Waals surface area contributed by atoms with Crippen LogP contribution in [0.4, 0.5) is 4.79 Å². The predicted octanol–water partition coefficient (Wildman–Crippen LogP) is 3.84. The molecule has 1 N–H and O–H groups in total. The summed E-state index contributed by atoms with van der Waals surface area (Å²) in [5.74, 6) is 0.838. The van der Waals surface area contributed by atoms with E-state index in [4.69, 9.17) is 4.74 Å². The van der Waals surface area contributed by atoms with E-state index in [1.165, 1.54) is 0 Å². The second kappa shape index (κ2) is 9.43. The summed E-state index contributed by atoms with van der Waals surface area (Å²) in [7, 11) is 1.65. The number of likely N-dealkylation sites (tertiary alicyclic amines) is 1. The number of nitrogens with zero attached hydrogens (tertiary/aromatic N) is 3. The SMILES string of the molecule is COc1cccc(CC2(C3CCN(Cc4nccs4)CC3)NC(=O)N(C3CCCC3)C2=O)c1. The van der Waals surface area contributed by atoms with Crippen molar-refractivity contribution in [3.63, 3.8) is 0 Å². The molecule has 2 aromatic rings. The number of imide groups is 1. The molecule has 0 bridgehead atoms. The van der Waals surface area contributed by atoms with Gasteiger partial charge in [0.15, 0.2) is 0 Å². The van der Waals surface area contributed by atoms with Gasteiger partial charge in [0.25, 0.3) is 5.91 Å². The number of methoxy groups -OCH3 is 1. The quantitative estimate of drug-likeness (QED) is 0.625. The zero-order valence-electron chi connectivity index (χ0n) is 19.2. The predicted molar refractivity (Wildman–Crippen MR) is 127 cm³/mol. The van der Waals surface area contributed by atoms with Gasteiger partial charge in [0, 0.05) is 24.0 Å². The molecule has 3 amide bonds. The second-order valence-electron chi connectivity index (χ2n) is 9.52. The van der Waals surface area contributed by atoms with Gasteiger partial charge >= 0.3 is 6.03 Å². The lowest BCUT2D eigenvalue weighted by atomic mass is 9.73. The van der Waals surface area contributed by atoms with Gasteiger partial charge in [0.05, 0.1) is 13.7 Å². The number of benzene rings is 1. The third-order valence-corrected chi connectivity index (χ3v) is 8.35. The zero-order chi connectivity index (χ0) is 22.8. The molecule has 1 aliphatic carbocycles. The summed E-state index contributed by atoms with van der Waals surface area (Å²) in [4.78, 5) is 35.6. The highest BCUT2D eigenvalue weighted by molar-refractivity contribution is 7.09. The monoisotopic (exact) mass is 468 g/mol. The molecule has 1 atom stereocenters. The van der Waals surface area contributed by atoms with Crippen LogP contribution < -0.4 is 10.1 Å². The fourth-order valence-corrected chi connectivity index (χ4v) is 6.51. The Labute approximate surface area is 199 Å². The molecule has 1 saturated carbocycles. The van der Waals surface area contributed by atoms with Crippen LogP contribution in [-0.4, -0.2) is 58.5 Å². The Kier molecular flexibility index (Phi) is 6.38. The molecule has 176 valence electrons. The van der Waals surface area contributed by atoms with Crippen LogP contribution in [-0.2, 0) is 17.8 Å². The van der Waals surface area contributed by atoms with Gasteiger partial charge in [-0.25, -0.2) is 9.78 Å². The minimum absolute atomic E-state index is 0.0272. The van der Waals surface area contributed by atoms with Crippen LogP contribution in [0.2, 0.25) is 0 Å². The molecular formula is C25H32N4O3S. The fraction of sp³-hybridized carbons (Fsp3) is 0.560. The van der Waals surface area contributed by atoms with Gasteiger partial charge in [-0.3, -0.25) is 14.6 Å². The van der Waals surface area contributed by atoms with Gasteiger partial charge in [-0.05, 0) is 62.4 Å². The highest BCUT2D eigenvalue weighted by Gasteiger charge is 2.57. The molecule has 2 saturated heterocycles. The Morgan fingerprint density at radius 1 is 1.18 bits per heavy atom. The van der Waals surface area contributed by atoms with Gasteiger partial charge in [-0.15, -0.1) is 11.3 Å². The van der Waals surface area contributed by atoms with E-state index in [0.717, 1.165) is 74.5 Å². The van der Waals surface area contributed by atoms with Crippen LogP contribution in [0.15, 0.2) is 35.8 Å². The molecule has 0 spiro atoms. The first-order chi connectivity index (χ1) is 16.1. The average molecular weight is 469 g/mol. The van der Waals surface area contributed by atoms with E-state index < -0.39 is 5.54 Å². The molecule has 3 aliphatic rings. The Morgan fingerprint density at radius 3 is 2.67 bits per heavy atom. The first kappa shape index (κ1) is 22.3. The number of amides is 3. The molecule has 5 rings (SSSR count). The summed E-state index contributed by atoms with van der Waals surface area (Å²) in [6.07, 6.45) is 8.09. The number of thiazole rings is 1. The number of carbonyl (C=O) groups is 2. The Balaban J connectivity index is 1.39. The van der Waals surface area contributed by atoms with Crippen LogP contribution in [0.1, 0.15) is 49.1 Å². The van der Waals surface area contributed by atoms with Crippen molar-refractivity contribution >= 4 is 23.3 Å². The van der Waals surface area contributed by atoms with E-state index in [0.29, 0.717) is 6.42 Å². The molecule has 2 aliphatic heterocycles. The van der Waals surface area contributed by atoms with E-state index in [-0.39, 0.29) is 23.9 Å². The molecule has 0 radical (unpaired) electrons. The number of carbonyl (C=O) groups excluding carboxylic acids is 2. The van der Waals surface area contributed by atoms with Gasteiger partial charge < -0.3 is 10.1 Å². The van der Waals surface area contributed by atoms with E-state index in [1.54, 1.807) is 23.3 Å². The maximum Gasteiger partial charge on any atom is 0.325 e. The van der Waals surface area contributed by atoms with Crippen LogP contribution in [0, 0.1) is 5.92 Å². The molecule has 33 heavy (non-hydrogen) atoms. The van der Waals surface area contributed by atoms with Crippen LogP contribution in [0.25, 0.3) is 0 Å². The second-order valence-corrected chi connectivity index (χ2v) is 10.5. The first-order valence-electron chi connectivity index (χ1n) is 12.0. The Hall–Kier alpha value is -2.45. The summed E-state index contributed by atoms with van der Waals surface area (Å²) < 4.78 is 5.42. The third kappa shape index (κ3) is 4.38. The summed E-state index contributed by atoms with van der Waals surface area (Å²) >= 11 is 1.68. The number of aromatic nitrogens is 1. The average Bonchev–Trinajstić information content (AvgIpc) is 3.58. The zero-order valence-corrected chi connectivity index (χ0v) is 20.0. The van der Waals surface area contributed by atoms with Crippen molar-refractivity contribution in [1.29, 1.82) is 0 Å². The van der Waals surface area contributed by atoms with Crippen molar-refractivity contribution < 1.29 is 14.3 Å². The Bertz CT molecular complexity index is 983. The molecule has 1 aromatic heterocycles. The number of rotatable bonds is 7. The number of hydrogen-bond donors (Lipinski definition) is 1. The standard InChI is InChI=1S/C25H32N4O3S/c1-32-21-8-4-5-18(15-21)16-25(23(30)29(24(31)27-25)20-6-2-3-7-20)19-9-12-28(13-10-19)17-22-26-11-14-33-22/h4-5,8,11,14-15,19-20H,2-3,6-7,9-10,12-13,16-17H2,1H3,(H,27,31). The van der Waals surface area contributed by atoms with Gasteiger partial charge in [0.2, 0.25) is 0 Å². The smallest absolute Gasteiger partial charge is 0.325 e. The third-order valence-electron chi connectivity index (χ3n) is 7.58. The van der Waals surface area contributed by atoms with Crippen molar-refractivity contribution in [2.75, 3.05) is 20.2 Å². The normalized spacial score (nSPS) is 25.1. The highest BCUT2D eigenvalue weighted by Crippen LogP contribution is 2.39. The minimum Gasteiger partial charge on any atom is -0.497 e. The summed E-state index contributed by atoms with van der Waals surface area (Å²) in [5.41, 5.74) is 0.126.